The van der Waals surface area contributed by atoms with Gasteiger partial charge in [-0.1, -0.05) is 49.7 Å². The van der Waals surface area contributed by atoms with E-state index in [0.29, 0.717) is 47.0 Å². The second kappa shape index (κ2) is 10.8. The van der Waals surface area contributed by atoms with Crippen molar-refractivity contribution in [2.24, 2.45) is 0 Å². The normalized spacial score (nSPS) is 12.2. The van der Waals surface area contributed by atoms with Crippen LogP contribution >= 0.6 is 11.6 Å². The molecule has 0 aliphatic carbocycles. The Labute approximate surface area is 199 Å². The van der Waals surface area contributed by atoms with Crippen LogP contribution in [-0.2, 0) is 16.1 Å². The van der Waals surface area contributed by atoms with Crippen molar-refractivity contribution in [3.05, 3.63) is 71.3 Å². The van der Waals surface area contributed by atoms with E-state index in [0.717, 1.165) is 22.9 Å². The molecule has 1 unspecified atom stereocenters. The van der Waals surface area contributed by atoms with Crippen LogP contribution in [0.3, 0.4) is 0 Å². The van der Waals surface area contributed by atoms with Gasteiger partial charge in [-0.05, 0) is 47.2 Å². The fourth-order valence-corrected chi connectivity index (χ4v) is 3.80. The smallest absolute Gasteiger partial charge is 0.164 e. The quantitative estimate of drug-likeness (QED) is 0.280. The van der Waals surface area contributed by atoms with E-state index in [4.69, 9.17) is 26.1 Å². The van der Waals surface area contributed by atoms with Gasteiger partial charge in [0.1, 0.15) is 12.3 Å². The molecule has 0 saturated heterocycles. The molecule has 0 aliphatic rings. The number of benzene rings is 1. The fourth-order valence-electron chi connectivity index (χ4n) is 3.58. The van der Waals surface area contributed by atoms with Crippen molar-refractivity contribution in [2.45, 2.75) is 32.8 Å². The number of aromatic nitrogens is 4. The van der Waals surface area contributed by atoms with Crippen LogP contribution in [0.15, 0.2) is 54.9 Å². The lowest BCUT2D eigenvalue weighted by Crippen LogP contribution is -2.05. The Hall–Kier alpha value is -2.93. The van der Waals surface area contributed by atoms with Crippen LogP contribution in [0.2, 0.25) is 5.02 Å². The summed E-state index contributed by atoms with van der Waals surface area (Å²) in [5.74, 6) is 1.08. The molecule has 0 amide bonds. The highest BCUT2D eigenvalue weighted by Gasteiger charge is 2.15. The Balaban J connectivity index is 1.80. The molecule has 0 fully saturated rings. The molecule has 0 radical (unpaired) electrons. The third-order valence-corrected chi connectivity index (χ3v) is 5.99. The summed E-state index contributed by atoms with van der Waals surface area (Å²) in [7, 11) is 1.64. The van der Waals surface area contributed by atoms with Crippen molar-refractivity contribution in [3.63, 3.8) is 0 Å². The second-order valence-electron chi connectivity index (χ2n) is 7.89. The average molecular weight is 463 g/mol. The fraction of sp³-hybridized carbons (Fsp3) is 0.308. The standard InChI is InChI=1S/C26H27ClN4O2/c1-4-17(2)18-7-9-19(10-8-18)20-14-23(25-22(27)6-5-11-28-25)30-26-21(20)15-29-24(31-26)16-33-13-12-32-3/h5-11,14-15,17H,4,12-13,16H2,1-3H3. The molecule has 7 heteroatoms. The number of ether oxygens (including phenoxy) is 2. The molecule has 0 spiro atoms. The monoisotopic (exact) mass is 462 g/mol. The summed E-state index contributed by atoms with van der Waals surface area (Å²) in [5.41, 5.74) is 5.23. The third-order valence-electron chi connectivity index (χ3n) is 5.68. The van der Waals surface area contributed by atoms with E-state index in [1.165, 1.54) is 5.56 Å². The lowest BCUT2D eigenvalue weighted by Gasteiger charge is -2.13. The predicted molar refractivity (Wildman–Crippen MR) is 131 cm³/mol. The second-order valence-corrected chi connectivity index (χ2v) is 8.30. The van der Waals surface area contributed by atoms with Gasteiger partial charge in [-0.3, -0.25) is 4.98 Å². The Morgan fingerprint density at radius 2 is 1.85 bits per heavy atom. The summed E-state index contributed by atoms with van der Waals surface area (Å²) in [6.07, 6.45) is 4.62. The van der Waals surface area contributed by atoms with E-state index in [1.807, 2.05) is 18.3 Å². The molecule has 1 aromatic carbocycles. The summed E-state index contributed by atoms with van der Waals surface area (Å²) >= 11 is 6.44. The molecule has 0 N–H and O–H groups in total. The molecule has 0 aliphatic heterocycles. The molecule has 6 nitrogen and oxygen atoms in total. The zero-order chi connectivity index (χ0) is 23.2. The van der Waals surface area contributed by atoms with Gasteiger partial charge in [-0.25, -0.2) is 15.0 Å². The topological polar surface area (TPSA) is 70.0 Å². The Kier molecular flexibility index (Phi) is 7.60. The van der Waals surface area contributed by atoms with Crippen molar-refractivity contribution in [1.29, 1.82) is 0 Å². The highest BCUT2D eigenvalue weighted by molar-refractivity contribution is 6.33. The summed E-state index contributed by atoms with van der Waals surface area (Å²) in [6, 6.07) is 14.3. The highest BCUT2D eigenvalue weighted by atomic mass is 35.5. The minimum Gasteiger partial charge on any atom is -0.382 e. The number of rotatable bonds is 9. The van der Waals surface area contributed by atoms with Gasteiger partial charge in [0.15, 0.2) is 11.5 Å². The van der Waals surface area contributed by atoms with E-state index >= 15 is 0 Å². The molecule has 170 valence electrons. The molecule has 0 saturated carbocycles. The van der Waals surface area contributed by atoms with Crippen LogP contribution in [0.4, 0.5) is 0 Å². The summed E-state index contributed by atoms with van der Waals surface area (Å²) in [5, 5.41) is 1.40. The minimum atomic E-state index is 0.286. The maximum atomic E-state index is 6.44. The summed E-state index contributed by atoms with van der Waals surface area (Å²) in [6.45, 7) is 5.72. The van der Waals surface area contributed by atoms with Crippen LogP contribution in [0.1, 0.15) is 37.6 Å². The number of hydrogen-bond acceptors (Lipinski definition) is 6. The van der Waals surface area contributed by atoms with E-state index in [2.05, 4.69) is 53.1 Å². The number of pyridine rings is 2. The van der Waals surface area contributed by atoms with Crippen molar-refractivity contribution in [3.8, 4) is 22.5 Å². The van der Waals surface area contributed by atoms with Gasteiger partial charge in [0.2, 0.25) is 0 Å². The van der Waals surface area contributed by atoms with Crippen LogP contribution in [0.5, 0.6) is 0 Å². The number of fused-ring (bicyclic) bond motifs is 1. The maximum Gasteiger partial charge on any atom is 0.164 e. The molecule has 33 heavy (non-hydrogen) atoms. The molecule has 0 bridgehead atoms. The zero-order valence-electron chi connectivity index (χ0n) is 19.1. The van der Waals surface area contributed by atoms with Crippen LogP contribution < -0.4 is 0 Å². The lowest BCUT2D eigenvalue weighted by molar-refractivity contribution is 0.0587. The average Bonchev–Trinajstić information content (AvgIpc) is 2.85. The molecule has 1 atom stereocenters. The van der Waals surface area contributed by atoms with Crippen molar-refractivity contribution < 1.29 is 9.47 Å². The van der Waals surface area contributed by atoms with Gasteiger partial charge < -0.3 is 9.47 Å². The van der Waals surface area contributed by atoms with Crippen molar-refractivity contribution >= 4 is 22.6 Å². The predicted octanol–water partition coefficient (Wildman–Crippen LogP) is 6.08. The number of hydrogen-bond donors (Lipinski definition) is 0. The van der Waals surface area contributed by atoms with E-state index in [1.54, 1.807) is 19.4 Å². The first kappa shape index (κ1) is 23.2. The molecular formula is C26H27ClN4O2. The first-order valence-electron chi connectivity index (χ1n) is 11.0. The highest BCUT2D eigenvalue weighted by Crippen LogP contribution is 2.33. The van der Waals surface area contributed by atoms with E-state index in [-0.39, 0.29) is 6.61 Å². The molecular weight excluding hydrogens is 436 g/mol. The third kappa shape index (κ3) is 5.36. The Morgan fingerprint density at radius 3 is 2.58 bits per heavy atom. The van der Waals surface area contributed by atoms with Gasteiger partial charge in [-0.2, -0.15) is 0 Å². The van der Waals surface area contributed by atoms with Gasteiger partial charge in [0.25, 0.3) is 0 Å². The lowest BCUT2D eigenvalue weighted by atomic mass is 9.95. The largest absolute Gasteiger partial charge is 0.382 e. The molecule has 4 rings (SSSR count). The van der Waals surface area contributed by atoms with Crippen molar-refractivity contribution in [1.82, 2.24) is 19.9 Å². The van der Waals surface area contributed by atoms with Gasteiger partial charge in [0, 0.05) is 24.9 Å². The van der Waals surface area contributed by atoms with Gasteiger partial charge >= 0.3 is 0 Å². The van der Waals surface area contributed by atoms with Crippen LogP contribution in [0.25, 0.3) is 33.5 Å². The van der Waals surface area contributed by atoms with E-state index < -0.39 is 0 Å². The summed E-state index contributed by atoms with van der Waals surface area (Å²) in [4.78, 5) is 18.4. The van der Waals surface area contributed by atoms with E-state index in [9.17, 15) is 0 Å². The summed E-state index contributed by atoms with van der Waals surface area (Å²) < 4.78 is 10.6. The zero-order valence-corrected chi connectivity index (χ0v) is 19.8. The first-order valence-corrected chi connectivity index (χ1v) is 11.4. The molecule has 3 aromatic heterocycles. The maximum absolute atomic E-state index is 6.44. The first-order chi connectivity index (χ1) is 16.1. The van der Waals surface area contributed by atoms with Gasteiger partial charge in [0.05, 0.1) is 23.9 Å². The Bertz CT molecular complexity index is 1230. The number of nitrogens with zero attached hydrogens (tertiary/aromatic N) is 4. The van der Waals surface area contributed by atoms with Crippen LogP contribution in [0, 0.1) is 0 Å². The SMILES string of the molecule is CCC(C)c1ccc(-c2cc(-c3ncccc3Cl)nc3nc(COCCOC)ncc23)cc1. The Morgan fingerprint density at radius 1 is 1.03 bits per heavy atom. The number of methoxy groups -OCH3 is 1. The van der Waals surface area contributed by atoms with Crippen molar-refractivity contribution in [2.75, 3.05) is 20.3 Å². The minimum absolute atomic E-state index is 0.286. The molecule has 4 aromatic rings. The molecule has 3 heterocycles. The number of halogens is 1. The van der Waals surface area contributed by atoms with Crippen LogP contribution in [-0.4, -0.2) is 40.3 Å². The van der Waals surface area contributed by atoms with Gasteiger partial charge in [-0.15, -0.1) is 0 Å².